The average molecular weight is 352 g/mol. The summed E-state index contributed by atoms with van der Waals surface area (Å²) in [4.78, 5) is 26.4. The minimum Gasteiger partial charge on any atom is -0.327 e. The molecule has 0 saturated heterocycles. The van der Waals surface area contributed by atoms with Gasteiger partial charge in [0.2, 0.25) is 11.8 Å². The number of nitrogens with zero attached hydrogens (tertiary/aromatic N) is 1. The fourth-order valence-electron chi connectivity index (χ4n) is 3.17. The van der Waals surface area contributed by atoms with Crippen LogP contribution in [-0.2, 0) is 22.4 Å². The number of amides is 2. The normalized spacial score (nSPS) is 11.7. The van der Waals surface area contributed by atoms with E-state index in [-0.39, 0.29) is 24.4 Å². The van der Waals surface area contributed by atoms with Gasteiger partial charge in [-0.2, -0.15) is 0 Å². The Balaban J connectivity index is 2.18. The van der Waals surface area contributed by atoms with Crippen molar-refractivity contribution in [2.45, 2.75) is 46.6 Å². The van der Waals surface area contributed by atoms with Crippen LogP contribution < -0.4 is 5.32 Å². The summed E-state index contributed by atoms with van der Waals surface area (Å²) >= 11 is 0. The largest absolute Gasteiger partial charge is 0.327 e. The fourth-order valence-corrected chi connectivity index (χ4v) is 3.17. The number of anilines is 1. The van der Waals surface area contributed by atoms with Crippen LogP contribution in [0.15, 0.2) is 48.5 Å². The Labute approximate surface area is 156 Å². The van der Waals surface area contributed by atoms with Crippen molar-refractivity contribution >= 4 is 17.5 Å². The Morgan fingerprint density at radius 2 is 1.54 bits per heavy atom. The summed E-state index contributed by atoms with van der Waals surface area (Å²) in [7, 11) is 0. The van der Waals surface area contributed by atoms with E-state index in [1.165, 1.54) is 6.92 Å². The molecule has 2 rings (SSSR count). The van der Waals surface area contributed by atoms with Gasteiger partial charge in [-0.25, -0.2) is 0 Å². The Hall–Kier alpha value is -2.62. The van der Waals surface area contributed by atoms with E-state index in [0.717, 1.165) is 35.2 Å². The minimum absolute atomic E-state index is 0.0343. The van der Waals surface area contributed by atoms with Crippen LogP contribution in [0.5, 0.6) is 0 Å². The zero-order valence-electron chi connectivity index (χ0n) is 16.1. The number of hydrogen-bond donors (Lipinski definition) is 1. The van der Waals surface area contributed by atoms with E-state index in [2.05, 4.69) is 19.2 Å². The van der Waals surface area contributed by atoms with Crippen molar-refractivity contribution in [1.29, 1.82) is 0 Å². The van der Waals surface area contributed by atoms with E-state index in [0.29, 0.717) is 0 Å². The van der Waals surface area contributed by atoms with Crippen LogP contribution >= 0.6 is 0 Å². The van der Waals surface area contributed by atoms with Gasteiger partial charge in [0.1, 0.15) is 6.54 Å². The summed E-state index contributed by atoms with van der Waals surface area (Å²) in [5.74, 6) is -0.283. The molecule has 138 valence electrons. The van der Waals surface area contributed by atoms with Gasteiger partial charge in [-0.3, -0.25) is 9.59 Å². The molecule has 0 bridgehead atoms. The highest BCUT2D eigenvalue weighted by Gasteiger charge is 2.22. The van der Waals surface area contributed by atoms with Crippen molar-refractivity contribution in [3.8, 4) is 0 Å². The lowest BCUT2D eigenvalue weighted by Crippen LogP contribution is -2.38. The third kappa shape index (κ3) is 4.72. The number of benzene rings is 2. The molecule has 0 aliphatic heterocycles. The van der Waals surface area contributed by atoms with Crippen LogP contribution in [0.2, 0.25) is 0 Å². The molecule has 4 heteroatoms. The van der Waals surface area contributed by atoms with Crippen LogP contribution in [0.4, 0.5) is 5.69 Å². The molecule has 2 aromatic rings. The van der Waals surface area contributed by atoms with Gasteiger partial charge in [0.15, 0.2) is 0 Å². The summed E-state index contributed by atoms with van der Waals surface area (Å²) in [5, 5.41) is 3.04. The predicted molar refractivity (Wildman–Crippen MR) is 106 cm³/mol. The third-order valence-corrected chi connectivity index (χ3v) is 4.73. The molecule has 1 N–H and O–H groups in total. The van der Waals surface area contributed by atoms with Gasteiger partial charge in [-0.1, -0.05) is 62.4 Å². The molecule has 0 aromatic heterocycles. The maximum Gasteiger partial charge on any atom is 0.244 e. The van der Waals surface area contributed by atoms with Crippen molar-refractivity contribution in [3.63, 3.8) is 0 Å². The highest BCUT2D eigenvalue weighted by atomic mass is 16.2. The number of nitrogens with one attached hydrogen (secondary N) is 1. The minimum atomic E-state index is -0.168. The molecule has 2 aromatic carbocycles. The highest BCUT2D eigenvalue weighted by molar-refractivity contribution is 5.95. The maximum atomic E-state index is 12.7. The van der Waals surface area contributed by atoms with Crippen molar-refractivity contribution < 1.29 is 9.59 Å². The van der Waals surface area contributed by atoms with E-state index in [1.54, 1.807) is 4.90 Å². The first kappa shape index (κ1) is 19.7. The Kier molecular flexibility index (Phi) is 6.96. The van der Waals surface area contributed by atoms with Crippen LogP contribution in [0, 0.1) is 0 Å². The van der Waals surface area contributed by atoms with Gasteiger partial charge in [-0.05, 0) is 36.5 Å². The monoisotopic (exact) mass is 352 g/mol. The predicted octanol–water partition coefficient (Wildman–Crippen LogP) is 4.36. The van der Waals surface area contributed by atoms with Gasteiger partial charge >= 0.3 is 0 Å². The van der Waals surface area contributed by atoms with Gasteiger partial charge in [-0.15, -0.1) is 0 Å². The summed E-state index contributed by atoms with van der Waals surface area (Å²) in [6.07, 6.45) is 1.70. The summed E-state index contributed by atoms with van der Waals surface area (Å²) in [6.45, 7) is 7.63. The second-order valence-electron chi connectivity index (χ2n) is 6.44. The van der Waals surface area contributed by atoms with E-state index in [1.807, 2.05) is 55.5 Å². The Morgan fingerprint density at radius 3 is 2.04 bits per heavy atom. The average Bonchev–Trinajstić information content (AvgIpc) is 2.66. The molecule has 4 nitrogen and oxygen atoms in total. The van der Waals surface area contributed by atoms with Gasteiger partial charge in [0.05, 0.1) is 6.04 Å². The molecule has 0 radical (unpaired) electrons. The Bertz CT molecular complexity index is 734. The second-order valence-corrected chi connectivity index (χ2v) is 6.44. The standard InChI is InChI=1S/C22H28N2O2/c1-5-18-13-10-14-19(6-2)22(18)23-21(26)15-24(17(4)25)16(3)20-11-8-7-9-12-20/h7-14,16H,5-6,15H2,1-4H3,(H,23,26). The van der Waals surface area contributed by atoms with Gasteiger partial charge in [0.25, 0.3) is 0 Å². The summed E-state index contributed by atoms with van der Waals surface area (Å²) < 4.78 is 0. The van der Waals surface area contributed by atoms with E-state index in [9.17, 15) is 9.59 Å². The third-order valence-electron chi connectivity index (χ3n) is 4.73. The molecule has 0 spiro atoms. The molecular formula is C22H28N2O2. The quantitative estimate of drug-likeness (QED) is 0.805. The number of rotatable bonds is 7. The lowest BCUT2D eigenvalue weighted by molar-refractivity contribution is -0.134. The van der Waals surface area contributed by atoms with E-state index in [4.69, 9.17) is 0 Å². The van der Waals surface area contributed by atoms with Crippen molar-refractivity contribution in [2.75, 3.05) is 11.9 Å². The van der Waals surface area contributed by atoms with Crippen molar-refractivity contribution in [3.05, 3.63) is 65.2 Å². The first-order chi connectivity index (χ1) is 12.5. The summed E-state index contributed by atoms with van der Waals surface area (Å²) in [6, 6.07) is 15.7. The number of hydrogen-bond acceptors (Lipinski definition) is 2. The number of carbonyl (C=O) groups excluding carboxylic acids is 2. The number of para-hydroxylation sites is 1. The van der Waals surface area contributed by atoms with E-state index >= 15 is 0 Å². The number of aryl methyl sites for hydroxylation is 2. The van der Waals surface area contributed by atoms with Gasteiger partial charge in [0, 0.05) is 12.6 Å². The molecule has 1 unspecified atom stereocenters. The fraction of sp³-hybridized carbons (Fsp3) is 0.364. The van der Waals surface area contributed by atoms with Crippen LogP contribution in [0.25, 0.3) is 0 Å². The highest BCUT2D eigenvalue weighted by Crippen LogP contribution is 2.24. The molecule has 1 atom stereocenters. The summed E-state index contributed by atoms with van der Waals surface area (Å²) in [5.41, 5.74) is 4.13. The number of carbonyl (C=O) groups is 2. The van der Waals surface area contributed by atoms with Crippen LogP contribution in [0.1, 0.15) is 50.4 Å². The van der Waals surface area contributed by atoms with Gasteiger partial charge < -0.3 is 10.2 Å². The van der Waals surface area contributed by atoms with Crippen molar-refractivity contribution in [2.24, 2.45) is 0 Å². The topological polar surface area (TPSA) is 49.4 Å². The lowest BCUT2D eigenvalue weighted by atomic mass is 10.0. The first-order valence-electron chi connectivity index (χ1n) is 9.20. The van der Waals surface area contributed by atoms with Crippen LogP contribution in [0.3, 0.4) is 0 Å². The molecule has 0 aliphatic carbocycles. The van der Waals surface area contributed by atoms with Crippen molar-refractivity contribution in [1.82, 2.24) is 4.90 Å². The molecule has 0 fully saturated rings. The molecule has 0 aliphatic rings. The zero-order chi connectivity index (χ0) is 19.1. The molecular weight excluding hydrogens is 324 g/mol. The van der Waals surface area contributed by atoms with Crippen LogP contribution in [-0.4, -0.2) is 23.3 Å². The zero-order valence-corrected chi connectivity index (χ0v) is 16.1. The second kappa shape index (κ2) is 9.18. The molecule has 0 heterocycles. The van der Waals surface area contributed by atoms with E-state index < -0.39 is 0 Å². The smallest absolute Gasteiger partial charge is 0.244 e. The maximum absolute atomic E-state index is 12.7. The first-order valence-corrected chi connectivity index (χ1v) is 9.20. The molecule has 2 amide bonds. The Morgan fingerprint density at radius 1 is 0.962 bits per heavy atom. The SMILES string of the molecule is CCc1cccc(CC)c1NC(=O)CN(C(C)=O)C(C)c1ccccc1. The molecule has 26 heavy (non-hydrogen) atoms. The molecule has 0 saturated carbocycles. The lowest BCUT2D eigenvalue weighted by Gasteiger charge is -2.28.